The molecular formula is C17H17BrN4O. The summed E-state index contributed by atoms with van der Waals surface area (Å²) in [5, 5.41) is 2.85. The number of carbonyl (C=O) groups excluding carboxylic acids is 1. The third-order valence-corrected chi connectivity index (χ3v) is 3.92. The third kappa shape index (κ3) is 3.42. The first kappa shape index (κ1) is 15.7. The average molecular weight is 373 g/mol. The molecule has 0 fully saturated rings. The van der Waals surface area contributed by atoms with Crippen molar-refractivity contribution in [2.75, 3.05) is 5.32 Å². The predicted octanol–water partition coefficient (Wildman–Crippen LogP) is 4.04. The lowest BCUT2D eigenvalue weighted by molar-refractivity contribution is 0.102. The van der Waals surface area contributed by atoms with Crippen LogP contribution in [0.5, 0.6) is 0 Å². The van der Waals surface area contributed by atoms with Crippen LogP contribution < -0.4 is 5.32 Å². The van der Waals surface area contributed by atoms with E-state index in [-0.39, 0.29) is 11.3 Å². The SMILES string of the molecule is CC(C)(C)c1cn2cc(NC(=O)c3cccc(Br)c3)cnc2n1. The van der Waals surface area contributed by atoms with Crippen LogP contribution in [-0.2, 0) is 5.41 Å². The number of nitrogens with one attached hydrogen (secondary N) is 1. The van der Waals surface area contributed by atoms with Crippen molar-refractivity contribution in [3.63, 3.8) is 0 Å². The maximum absolute atomic E-state index is 12.3. The Bertz CT molecular complexity index is 880. The summed E-state index contributed by atoms with van der Waals surface area (Å²) in [5.74, 6) is 0.444. The van der Waals surface area contributed by atoms with Crippen molar-refractivity contribution >= 4 is 33.3 Å². The smallest absolute Gasteiger partial charge is 0.255 e. The van der Waals surface area contributed by atoms with Gasteiger partial charge in [-0.2, -0.15) is 0 Å². The van der Waals surface area contributed by atoms with Gasteiger partial charge in [0.1, 0.15) is 0 Å². The van der Waals surface area contributed by atoms with Gasteiger partial charge in [-0.25, -0.2) is 9.97 Å². The van der Waals surface area contributed by atoms with Gasteiger partial charge in [0.2, 0.25) is 5.78 Å². The number of imidazole rings is 1. The fraction of sp³-hybridized carbons (Fsp3) is 0.235. The second kappa shape index (κ2) is 5.77. The molecule has 0 aliphatic carbocycles. The number of amides is 1. The van der Waals surface area contributed by atoms with E-state index in [0.717, 1.165) is 10.2 Å². The zero-order valence-electron chi connectivity index (χ0n) is 13.2. The monoisotopic (exact) mass is 372 g/mol. The number of benzene rings is 1. The highest BCUT2D eigenvalue weighted by molar-refractivity contribution is 9.10. The van der Waals surface area contributed by atoms with E-state index in [1.54, 1.807) is 18.3 Å². The molecule has 3 rings (SSSR count). The lowest BCUT2D eigenvalue weighted by atomic mass is 9.93. The van der Waals surface area contributed by atoms with Crippen LogP contribution in [0, 0.1) is 0 Å². The lowest BCUT2D eigenvalue weighted by Crippen LogP contribution is -2.12. The number of aromatic nitrogens is 3. The summed E-state index contributed by atoms with van der Waals surface area (Å²) in [5.41, 5.74) is 2.12. The first-order valence-corrected chi connectivity index (χ1v) is 8.04. The molecular weight excluding hydrogens is 356 g/mol. The molecule has 5 nitrogen and oxygen atoms in total. The molecule has 0 saturated heterocycles. The molecule has 1 N–H and O–H groups in total. The fourth-order valence-corrected chi connectivity index (χ4v) is 2.54. The van der Waals surface area contributed by atoms with Crippen molar-refractivity contribution in [2.45, 2.75) is 26.2 Å². The Labute approximate surface area is 142 Å². The molecule has 1 amide bonds. The fourth-order valence-electron chi connectivity index (χ4n) is 2.14. The Hall–Kier alpha value is -2.21. The van der Waals surface area contributed by atoms with E-state index in [1.807, 2.05) is 28.9 Å². The number of hydrogen-bond acceptors (Lipinski definition) is 3. The molecule has 23 heavy (non-hydrogen) atoms. The summed E-state index contributed by atoms with van der Waals surface area (Å²) >= 11 is 3.36. The molecule has 0 bridgehead atoms. The molecule has 2 aromatic heterocycles. The van der Waals surface area contributed by atoms with Gasteiger partial charge in [0.25, 0.3) is 5.91 Å². The Kier molecular flexibility index (Phi) is 3.93. The van der Waals surface area contributed by atoms with E-state index in [9.17, 15) is 4.79 Å². The van der Waals surface area contributed by atoms with Gasteiger partial charge in [-0.15, -0.1) is 0 Å². The molecule has 3 aromatic rings. The summed E-state index contributed by atoms with van der Waals surface area (Å²) in [6.07, 6.45) is 5.38. The summed E-state index contributed by atoms with van der Waals surface area (Å²) in [6, 6.07) is 7.24. The Balaban J connectivity index is 1.87. The van der Waals surface area contributed by atoms with E-state index >= 15 is 0 Å². The molecule has 6 heteroatoms. The third-order valence-electron chi connectivity index (χ3n) is 3.42. The molecule has 0 unspecified atom stereocenters. The second-order valence-corrected chi connectivity index (χ2v) is 7.31. The van der Waals surface area contributed by atoms with E-state index in [1.165, 1.54) is 0 Å². The van der Waals surface area contributed by atoms with Crippen molar-refractivity contribution in [3.05, 3.63) is 58.6 Å². The van der Waals surface area contributed by atoms with Crippen LogP contribution in [0.3, 0.4) is 0 Å². The normalized spacial score (nSPS) is 11.7. The molecule has 118 valence electrons. The van der Waals surface area contributed by atoms with E-state index < -0.39 is 0 Å². The van der Waals surface area contributed by atoms with Crippen LogP contribution in [0.25, 0.3) is 5.78 Å². The average Bonchev–Trinajstić information content (AvgIpc) is 2.90. The minimum atomic E-state index is -0.177. The number of nitrogens with zero attached hydrogens (tertiary/aromatic N) is 3. The molecule has 1 aromatic carbocycles. The molecule has 0 saturated carbocycles. The second-order valence-electron chi connectivity index (χ2n) is 6.39. The van der Waals surface area contributed by atoms with Gasteiger partial charge >= 0.3 is 0 Å². The van der Waals surface area contributed by atoms with Gasteiger partial charge < -0.3 is 5.32 Å². The maximum Gasteiger partial charge on any atom is 0.255 e. The van der Waals surface area contributed by atoms with Crippen LogP contribution >= 0.6 is 15.9 Å². The highest BCUT2D eigenvalue weighted by Gasteiger charge is 2.18. The summed E-state index contributed by atoms with van der Waals surface area (Å²) in [7, 11) is 0. The summed E-state index contributed by atoms with van der Waals surface area (Å²) in [4.78, 5) is 21.1. The van der Waals surface area contributed by atoms with Crippen molar-refractivity contribution in [3.8, 4) is 0 Å². The van der Waals surface area contributed by atoms with Crippen molar-refractivity contribution in [2.24, 2.45) is 0 Å². The summed E-state index contributed by atoms with van der Waals surface area (Å²) in [6.45, 7) is 6.31. The number of hydrogen-bond donors (Lipinski definition) is 1. The van der Waals surface area contributed by atoms with Gasteiger partial charge in [-0.3, -0.25) is 9.20 Å². The van der Waals surface area contributed by atoms with Crippen molar-refractivity contribution < 1.29 is 4.79 Å². The lowest BCUT2D eigenvalue weighted by Gasteiger charge is -2.13. The molecule has 0 atom stereocenters. The van der Waals surface area contributed by atoms with Gasteiger partial charge in [0.15, 0.2) is 0 Å². The Morgan fingerprint density at radius 3 is 2.74 bits per heavy atom. The Morgan fingerprint density at radius 1 is 1.26 bits per heavy atom. The highest BCUT2D eigenvalue weighted by atomic mass is 79.9. The van der Waals surface area contributed by atoms with E-state index in [0.29, 0.717) is 17.0 Å². The highest BCUT2D eigenvalue weighted by Crippen LogP contribution is 2.22. The van der Waals surface area contributed by atoms with Gasteiger partial charge in [-0.1, -0.05) is 42.8 Å². The van der Waals surface area contributed by atoms with Gasteiger partial charge in [0, 0.05) is 27.8 Å². The van der Waals surface area contributed by atoms with Crippen LogP contribution in [0.4, 0.5) is 5.69 Å². The standard InChI is InChI=1S/C17H17BrN4O/c1-17(2,3)14-10-22-9-13(8-19-16(22)21-14)20-15(23)11-5-4-6-12(18)7-11/h4-10H,1-3H3,(H,20,23). The minimum absolute atomic E-state index is 0.0482. The van der Waals surface area contributed by atoms with Crippen LogP contribution in [0.2, 0.25) is 0 Å². The van der Waals surface area contributed by atoms with Crippen LogP contribution in [-0.4, -0.2) is 20.3 Å². The Morgan fingerprint density at radius 2 is 2.04 bits per heavy atom. The number of anilines is 1. The largest absolute Gasteiger partial charge is 0.319 e. The van der Waals surface area contributed by atoms with E-state index in [2.05, 4.69) is 52.0 Å². The van der Waals surface area contributed by atoms with Gasteiger partial charge in [0.05, 0.1) is 17.6 Å². The molecule has 0 spiro atoms. The molecule has 0 aliphatic rings. The first-order chi connectivity index (χ1) is 10.8. The van der Waals surface area contributed by atoms with Crippen molar-refractivity contribution in [1.82, 2.24) is 14.4 Å². The first-order valence-electron chi connectivity index (χ1n) is 7.25. The summed E-state index contributed by atoms with van der Waals surface area (Å²) < 4.78 is 2.69. The zero-order valence-corrected chi connectivity index (χ0v) is 14.8. The quantitative estimate of drug-likeness (QED) is 0.738. The van der Waals surface area contributed by atoms with Crippen LogP contribution in [0.15, 0.2) is 47.3 Å². The number of rotatable bonds is 2. The maximum atomic E-state index is 12.3. The molecule has 0 aliphatic heterocycles. The van der Waals surface area contributed by atoms with Gasteiger partial charge in [-0.05, 0) is 18.2 Å². The minimum Gasteiger partial charge on any atom is -0.319 e. The topological polar surface area (TPSA) is 59.3 Å². The zero-order chi connectivity index (χ0) is 16.6. The predicted molar refractivity (Wildman–Crippen MR) is 93.8 cm³/mol. The van der Waals surface area contributed by atoms with Crippen molar-refractivity contribution in [1.29, 1.82) is 0 Å². The van der Waals surface area contributed by atoms with E-state index in [4.69, 9.17) is 0 Å². The van der Waals surface area contributed by atoms with Crippen LogP contribution in [0.1, 0.15) is 36.8 Å². The molecule has 2 heterocycles. The molecule has 0 radical (unpaired) electrons. The number of carbonyl (C=O) groups is 1. The number of fused-ring (bicyclic) bond motifs is 1. The number of halogens is 1.